The fourth-order valence-electron chi connectivity index (χ4n) is 3.13. The number of ether oxygens (including phenoxy) is 1. The van der Waals surface area contributed by atoms with Crippen molar-refractivity contribution in [2.24, 2.45) is 5.41 Å². The molecule has 0 aromatic heterocycles. The lowest BCUT2D eigenvalue weighted by Crippen LogP contribution is -2.55. The van der Waals surface area contributed by atoms with Crippen molar-refractivity contribution in [3.63, 3.8) is 0 Å². The molecular formula is C25H32N2O3. The Hall–Kier alpha value is -2.92. The van der Waals surface area contributed by atoms with Crippen molar-refractivity contribution in [3.8, 4) is 0 Å². The number of aryl methyl sites for hydroxylation is 2. The zero-order valence-corrected chi connectivity index (χ0v) is 18.6. The van der Waals surface area contributed by atoms with E-state index in [0.29, 0.717) is 12.0 Å². The van der Waals surface area contributed by atoms with Gasteiger partial charge in [0.2, 0.25) is 0 Å². The average molecular weight is 409 g/mol. The van der Waals surface area contributed by atoms with Crippen molar-refractivity contribution >= 4 is 12.0 Å². The number of hydrogen-bond acceptors (Lipinski definition) is 4. The van der Waals surface area contributed by atoms with Gasteiger partial charge in [-0.3, -0.25) is 4.79 Å². The molecular weight excluding hydrogens is 376 g/mol. The van der Waals surface area contributed by atoms with E-state index >= 15 is 0 Å². The summed E-state index contributed by atoms with van der Waals surface area (Å²) >= 11 is 0. The summed E-state index contributed by atoms with van der Waals surface area (Å²) in [5, 5.41) is 0.997. The highest BCUT2D eigenvalue weighted by Gasteiger charge is 2.32. The number of amides is 2. The fourth-order valence-corrected chi connectivity index (χ4v) is 3.13. The molecule has 0 fully saturated rings. The summed E-state index contributed by atoms with van der Waals surface area (Å²) in [5.74, 6) is -0.446. The number of hydrogen-bond donors (Lipinski definition) is 1. The van der Waals surface area contributed by atoms with Crippen LogP contribution in [0.1, 0.15) is 54.2 Å². The van der Waals surface area contributed by atoms with Gasteiger partial charge in [0.05, 0.1) is 0 Å². The summed E-state index contributed by atoms with van der Waals surface area (Å²) in [7, 11) is 0. The molecule has 0 bridgehead atoms. The Balaban J connectivity index is 2.31. The Morgan fingerprint density at radius 3 is 2.23 bits per heavy atom. The van der Waals surface area contributed by atoms with Gasteiger partial charge in [0.15, 0.2) is 0 Å². The molecule has 1 atom stereocenters. The van der Waals surface area contributed by atoms with Gasteiger partial charge in [-0.1, -0.05) is 74.4 Å². The summed E-state index contributed by atoms with van der Waals surface area (Å²) in [4.78, 5) is 26.3. The Bertz CT molecular complexity index is 865. The van der Waals surface area contributed by atoms with Gasteiger partial charge >= 0.3 is 6.09 Å². The van der Waals surface area contributed by atoms with Gasteiger partial charge in [-0.25, -0.2) is 10.2 Å². The molecule has 2 rings (SSSR count). The highest BCUT2D eigenvalue weighted by atomic mass is 16.6. The SMILES string of the molecule is C=CC[C@H](NN(C(=O)OCc1ccccc1)C(=O)c1cc(C)cc(C)c1)C(C)(C)C. The summed E-state index contributed by atoms with van der Waals surface area (Å²) in [6.45, 7) is 13.9. The Morgan fingerprint density at radius 1 is 1.10 bits per heavy atom. The molecule has 2 aromatic carbocycles. The second-order valence-electron chi connectivity index (χ2n) is 8.63. The number of imide groups is 1. The van der Waals surface area contributed by atoms with Gasteiger partial charge in [-0.05, 0) is 43.4 Å². The lowest BCUT2D eigenvalue weighted by molar-refractivity contribution is 0.0413. The lowest BCUT2D eigenvalue weighted by Gasteiger charge is -2.34. The summed E-state index contributed by atoms with van der Waals surface area (Å²) < 4.78 is 5.46. The zero-order chi connectivity index (χ0) is 22.3. The van der Waals surface area contributed by atoms with E-state index in [0.717, 1.165) is 21.7 Å². The Morgan fingerprint density at radius 2 is 1.70 bits per heavy atom. The van der Waals surface area contributed by atoms with E-state index in [1.807, 2.05) is 71.0 Å². The predicted octanol–water partition coefficient (Wildman–Crippen LogP) is 5.58. The van der Waals surface area contributed by atoms with E-state index in [4.69, 9.17) is 4.74 Å². The average Bonchev–Trinajstić information content (AvgIpc) is 2.68. The van der Waals surface area contributed by atoms with Crippen LogP contribution in [0.4, 0.5) is 4.79 Å². The van der Waals surface area contributed by atoms with E-state index in [1.165, 1.54) is 0 Å². The topological polar surface area (TPSA) is 58.6 Å². The highest BCUT2D eigenvalue weighted by Crippen LogP contribution is 2.23. The van der Waals surface area contributed by atoms with Crippen LogP contribution in [0.2, 0.25) is 0 Å². The van der Waals surface area contributed by atoms with Crippen molar-refractivity contribution in [2.75, 3.05) is 0 Å². The highest BCUT2D eigenvalue weighted by molar-refractivity contribution is 6.02. The van der Waals surface area contributed by atoms with Crippen molar-refractivity contribution in [1.29, 1.82) is 0 Å². The molecule has 0 aliphatic rings. The van der Waals surface area contributed by atoms with Gasteiger partial charge in [0.25, 0.3) is 5.91 Å². The van der Waals surface area contributed by atoms with Crippen molar-refractivity contribution in [2.45, 2.75) is 53.7 Å². The molecule has 0 radical (unpaired) electrons. The normalized spacial score (nSPS) is 12.2. The standard InChI is InChI=1S/C25H32N2O3/c1-7-11-22(25(4,5)6)26-27(23(28)21-15-18(2)14-19(3)16-21)24(29)30-17-20-12-9-8-10-13-20/h7-10,12-16,22,26H,1,11,17H2,2-6H3/t22-/m0/s1. The monoisotopic (exact) mass is 408 g/mol. The molecule has 5 heteroatoms. The fraction of sp³-hybridized carbons (Fsp3) is 0.360. The molecule has 160 valence electrons. The molecule has 0 aliphatic heterocycles. The maximum Gasteiger partial charge on any atom is 0.432 e. The van der Waals surface area contributed by atoms with Crippen LogP contribution in [0.15, 0.2) is 61.2 Å². The number of hydrazine groups is 1. The van der Waals surface area contributed by atoms with Gasteiger partial charge in [0, 0.05) is 11.6 Å². The van der Waals surface area contributed by atoms with Crippen LogP contribution in [0.5, 0.6) is 0 Å². The minimum Gasteiger partial charge on any atom is -0.443 e. The first-order valence-corrected chi connectivity index (χ1v) is 10.1. The largest absolute Gasteiger partial charge is 0.443 e. The molecule has 0 spiro atoms. The van der Waals surface area contributed by atoms with Crippen molar-refractivity contribution in [1.82, 2.24) is 10.4 Å². The second kappa shape index (κ2) is 10.2. The predicted molar refractivity (Wildman–Crippen MR) is 120 cm³/mol. The maximum absolute atomic E-state index is 13.3. The van der Waals surface area contributed by atoms with Crippen LogP contribution in [-0.2, 0) is 11.3 Å². The molecule has 1 N–H and O–H groups in total. The van der Waals surface area contributed by atoms with E-state index in [-0.39, 0.29) is 18.1 Å². The first-order chi connectivity index (χ1) is 14.1. The van der Waals surface area contributed by atoms with Crippen LogP contribution < -0.4 is 5.43 Å². The number of carbonyl (C=O) groups excluding carboxylic acids is 2. The molecule has 2 aromatic rings. The van der Waals surface area contributed by atoms with Crippen LogP contribution in [0.3, 0.4) is 0 Å². The third-order valence-electron chi connectivity index (χ3n) is 4.79. The van der Waals surface area contributed by atoms with Crippen LogP contribution in [0, 0.1) is 19.3 Å². The maximum atomic E-state index is 13.3. The first-order valence-electron chi connectivity index (χ1n) is 10.1. The van der Waals surface area contributed by atoms with E-state index in [9.17, 15) is 9.59 Å². The van der Waals surface area contributed by atoms with Crippen LogP contribution in [0.25, 0.3) is 0 Å². The lowest BCUT2D eigenvalue weighted by atomic mass is 9.85. The molecule has 30 heavy (non-hydrogen) atoms. The molecule has 0 aliphatic carbocycles. The van der Waals surface area contributed by atoms with Crippen LogP contribution in [-0.4, -0.2) is 23.1 Å². The van der Waals surface area contributed by atoms with Crippen molar-refractivity contribution < 1.29 is 14.3 Å². The summed E-state index contributed by atoms with van der Waals surface area (Å²) in [6.07, 6.45) is 1.63. The Kier molecular flexibility index (Phi) is 7.95. The number of benzene rings is 2. The molecule has 0 saturated carbocycles. The van der Waals surface area contributed by atoms with E-state index < -0.39 is 12.0 Å². The Labute approximate surface area is 179 Å². The number of nitrogens with zero attached hydrogens (tertiary/aromatic N) is 1. The molecule has 0 saturated heterocycles. The summed E-state index contributed by atoms with van der Waals surface area (Å²) in [5.41, 5.74) is 6.08. The van der Waals surface area contributed by atoms with Gasteiger partial charge in [-0.2, -0.15) is 5.01 Å². The minimum atomic E-state index is -0.735. The number of rotatable bonds is 7. The zero-order valence-electron chi connectivity index (χ0n) is 18.6. The summed E-state index contributed by atoms with van der Waals surface area (Å²) in [6, 6.07) is 14.7. The first kappa shape index (κ1) is 23.4. The molecule has 5 nitrogen and oxygen atoms in total. The second-order valence-corrected chi connectivity index (χ2v) is 8.63. The van der Waals surface area contributed by atoms with E-state index in [2.05, 4.69) is 12.0 Å². The minimum absolute atomic E-state index is 0.0830. The quantitative estimate of drug-likeness (QED) is 0.480. The third kappa shape index (κ3) is 6.56. The smallest absolute Gasteiger partial charge is 0.432 e. The number of carbonyl (C=O) groups is 2. The van der Waals surface area contributed by atoms with Gasteiger partial charge in [-0.15, -0.1) is 6.58 Å². The molecule has 0 unspecified atom stereocenters. The van der Waals surface area contributed by atoms with Crippen molar-refractivity contribution in [3.05, 3.63) is 83.4 Å². The third-order valence-corrected chi connectivity index (χ3v) is 4.79. The number of nitrogens with one attached hydrogen (secondary N) is 1. The molecule has 0 heterocycles. The van der Waals surface area contributed by atoms with Crippen LogP contribution >= 0.6 is 0 Å². The molecule has 2 amide bonds. The van der Waals surface area contributed by atoms with E-state index in [1.54, 1.807) is 18.2 Å². The van der Waals surface area contributed by atoms with Gasteiger partial charge in [0.1, 0.15) is 6.61 Å². The van der Waals surface area contributed by atoms with Gasteiger partial charge < -0.3 is 4.74 Å².